The zero-order valence-corrected chi connectivity index (χ0v) is 14.8. The Balaban J connectivity index is 1.45. The van der Waals surface area contributed by atoms with Gasteiger partial charge >= 0.3 is 5.97 Å². The molecule has 2 heterocycles. The molecule has 0 aliphatic carbocycles. The van der Waals surface area contributed by atoms with Crippen molar-refractivity contribution in [1.29, 1.82) is 0 Å². The summed E-state index contributed by atoms with van der Waals surface area (Å²) in [7, 11) is 2.06. The van der Waals surface area contributed by atoms with E-state index in [2.05, 4.69) is 27.5 Å². The second kappa shape index (κ2) is 6.80. The third kappa shape index (κ3) is 3.04. The van der Waals surface area contributed by atoms with Crippen LogP contribution in [0.15, 0.2) is 48.5 Å². The standard InChI is InChI=1S/C20H22N4O2/c1-22-18-9-5-3-7-16(18)21-19(22)14-23-10-12-24(13-11-23)17-8-4-2-6-15(17)20(25)26/h2-9H,10-14H2,1H3,(H,25,26). The molecular weight excluding hydrogens is 328 g/mol. The number of benzene rings is 2. The molecule has 0 amide bonds. The average molecular weight is 350 g/mol. The van der Waals surface area contributed by atoms with Crippen LogP contribution >= 0.6 is 0 Å². The van der Waals surface area contributed by atoms with Crippen molar-refractivity contribution in [2.75, 3.05) is 31.1 Å². The van der Waals surface area contributed by atoms with E-state index in [0.717, 1.165) is 55.3 Å². The lowest BCUT2D eigenvalue weighted by Gasteiger charge is -2.36. The van der Waals surface area contributed by atoms with Gasteiger partial charge in [0.15, 0.2) is 0 Å². The van der Waals surface area contributed by atoms with Gasteiger partial charge in [0.25, 0.3) is 0 Å². The van der Waals surface area contributed by atoms with Crippen LogP contribution < -0.4 is 4.90 Å². The quantitative estimate of drug-likeness (QED) is 0.784. The first-order valence-electron chi connectivity index (χ1n) is 8.83. The molecule has 3 aromatic rings. The molecule has 0 atom stereocenters. The van der Waals surface area contributed by atoms with Gasteiger partial charge in [0.05, 0.1) is 28.8 Å². The number of anilines is 1. The smallest absolute Gasteiger partial charge is 0.337 e. The molecule has 6 heteroatoms. The van der Waals surface area contributed by atoms with Crippen LogP contribution in [0.2, 0.25) is 0 Å². The van der Waals surface area contributed by atoms with Gasteiger partial charge in [-0.1, -0.05) is 24.3 Å². The molecule has 4 rings (SSSR count). The summed E-state index contributed by atoms with van der Waals surface area (Å²) in [5.41, 5.74) is 3.36. The van der Waals surface area contributed by atoms with Crippen LogP contribution in [0.3, 0.4) is 0 Å². The molecule has 0 saturated carbocycles. The number of imidazole rings is 1. The van der Waals surface area contributed by atoms with Crippen molar-refractivity contribution in [3.63, 3.8) is 0 Å². The van der Waals surface area contributed by atoms with Crippen molar-refractivity contribution in [1.82, 2.24) is 14.5 Å². The average Bonchev–Trinajstić information content (AvgIpc) is 2.98. The van der Waals surface area contributed by atoms with Crippen LogP contribution in [0, 0.1) is 0 Å². The maximum absolute atomic E-state index is 11.4. The van der Waals surface area contributed by atoms with Crippen molar-refractivity contribution >= 4 is 22.7 Å². The summed E-state index contributed by atoms with van der Waals surface area (Å²) >= 11 is 0. The Morgan fingerprint density at radius 1 is 1.04 bits per heavy atom. The molecule has 0 radical (unpaired) electrons. The Labute approximate surface area is 152 Å². The van der Waals surface area contributed by atoms with Crippen LogP contribution in [0.4, 0.5) is 5.69 Å². The van der Waals surface area contributed by atoms with Gasteiger partial charge in [0, 0.05) is 33.2 Å². The number of carboxylic acids is 1. The van der Waals surface area contributed by atoms with Crippen LogP contribution in [0.25, 0.3) is 11.0 Å². The van der Waals surface area contributed by atoms with Crippen molar-refractivity contribution in [3.8, 4) is 0 Å². The number of carbonyl (C=O) groups is 1. The second-order valence-corrected chi connectivity index (χ2v) is 6.66. The van der Waals surface area contributed by atoms with Gasteiger partial charge < -0.3 is 14.6 Å². The Bertz CT molecular complexity index is 942. The van der Waals surface area contributed by atoms with E-state index in [4.69, 9.17) is 4.98 Å². The Morgan fingerprint density at radius 2 is 1.73 bits per heavy atom. The van der Waals surface area contributed by atoms with Crippen LogP contribution in [0.1, 0.15) is 16.2 Å². The van der Waals surface area contributed by atoms with E-state index >= 15 is 0 Å². The SMILES string of the molecule is Cn1c(CN2CCN(c3ccccc3C(=O)O)CC2)nc2ccccc21. The number of piperazine rings is 1. The highest BCUT2D eigenvalue weighted by Crippen LogP contribution is 2.23. The van der Waals surface area contributed by atoms with E-state index in [1.54, 1.807) is 12.1 Å². The molecule has 1 aliphatic rings. The topological polar surface area (TPSA) is 61.6 Å². The van der Waals surface area contributed by atoms with E-state index < -0.39 is 5.97 Å². The largest absolute Gasteiger partial charge is 0.478 e. The van der Waals surface area contributed by atoms with Crippen molar-refractivity contribution in [2.24, 2.45) is 7.05 Å². The molecule has 2 aromatic carbocycles. The van der Waals surface area contributed by atoms with E-state index in [0.29, 0.717) is 5.56 Å². The predicted molar refractivity (Wildman–Crippen MR) is 102 cm³/mol. The summed E-state index contributed by atoms with van der Waals surface area (Å²) in [6, 6.07) is 15.4. The number of fused-ring (bicyclic) bond motifs is 1. The van der Waals surface area contributed by atoms with Crippen molar-refractivity contribution in [2.45, 2.75) is 6.54 Å². The van der Waals surface area contributed by atoms with Crippen LogP contribution in [-0.2, 0) is 13.6 Å². The number of carboxylic acid groups (broad SMARTS) is 1. The van der Waals surface area contributed by atoms with Gasteiger partial charge in [-0.25, -0.2) is 9.78 Å². The second-order valence-electron chi connectivity index (χ2n) is 6.66. The minimum Gasteiger partial charge on any atom is -0.478 e. The number of aromatic nitrogens is 2. The summed E-state index contributed by atoms with van der Waals surface area (Å²) in [5.74, 6) is 0.188. The van der Waals surface area contributed by atoms with E-state index in [9.17, 15) is 9.90 Å². The minimum absolute atomic E-state index is 0.372. The lowest BCUT2D eigenvalue weighted by atomic mass is 10.1. The molecule has 0 unspecified atom stereocenters. The van der Waals surface area contributed by atoms with Crippen molar-refractivity contribution < 1.29 is 9.90 Å². The molecule has 0 bridgehead atoms. The highest BCUT2D eigenvalue weighted by molar-refractivity contribution is 5.94. The summed E-state index contributed by atoms with van der Waals surface area (Å²) in [6.07, 6.45) is 0. The fourth-order valence-corrected chi connectivity index (χ4v) is 3.61. The number of hydrogen-bond acceptors (Lipinski definition) is 4. The number of para-hydroxylation sites is 3. The number of aryl methyl sites for hydroxylation is 1. The number of hydrogen-bond donors (Lipinski definition) is 1. The molecule has 1 aliphatic heterocycles. The molecule has 0 spiro atoms. The van der Waals surface area contributed by atoms with Gasteiger partial charge in [-0.2, -0.15) is 0 Å². The molecule has 1 N–H and O–H groups in total. The first-order chi connectivity index (χ1) is 12.6. The zero-order chi connectivity index (χ0) is 18.1. The highest BCUT2D eigenvalue weighted by atomic mass is 16.4. The summed E-state index contributed by atoms with van der Waals surface area (Å²) in [4.78, 5) is 20.7. The molecular formula is C20H22N4O2. The van der Waals surface area contributed by atoms with Crippen LogP contribution in [0.5, 0.6) is 0 Å². The third-order valence-electron chi connectivity index (χ3n) is 5.09. The first-order valence-corrected chi connectivity index (χ1v) is 8.83. The lowest BCUT2D eigenvalue weighted by molar-refractivity contribution is 0.0697. The first kappa shape index (κ1) is 16.6. The monoisotopic (exact) mass is 350 g/mol. The molecule has 1 aromatic heterocycles. The van der Waals surface area contributed by atoms with Gasteiger partial charge in [0.2, 0.25) is 0 Å². The van der Waals surface area contributed by atoms with Gasteiger partial charge in [-0.05, 0) is 24.3 Å². The maximum atomic E-state index is 11.4. The minimum atomic E-state index is -0.872. The zero-order valence-electron chi connectivity index (χ0n) is 14.8. The normalized spacial score (nSPS) is 15.5. The highest BCUT2D eigenvalue weighted by Gasteiger charge is 2.22. The lowest BCUT2D eigenvalue weighted by Crippen LogP contribution is -2.46. The van der Waals surface area contributed by atoms with Crippen molar-refractivity contribution in [3.05, 3.63) is 59.9 Å². The molecule has 1 fully saturated rings. The van der Waals surface area contributed by atoms with E-state index in [1.165, 1.54) is 0 Å². The number of rotatable bonds is 4. The molecule has 6 nitrogen and oxygen atoms in total. The summed E-state index contributed by atoms with van der Waals surface area (Å²) < 4.78 is 2.15. The van der Waals surface area contributed by atoms with Gasteiger partial charge in [-0.15, -0.1) is 0 Å². The Hall–Kier alpha value is -2.86. The van der Waals surface area contributed by atoms with E-state index in [1.807, 2.05) is 30.3 Å². The summed E-state index contributed by atoms with van der Waals surface area (Å²) in [6.45, 7) is 4.20. The fourth-order valence-electron chi connectivity index (χ4n) is 3.61. The summed E-state index contributed by atoms with van der Waals surface area (Å²) in [5, 5.41) is 9.39. The third-order valence-corrected chi connectivity index (χ3v) is 5.09. The Kier molecular flexibility index (Phi) is 4.34. The van der Waals surface area contributed by atoms with E-state index in [-0.39, 0.29) is 0 Å². The van der Waals surface area contributed by atoms with Gasteiger partial charge in [-0.3, -0.25) is 4.90 Å². The number of nitrogens with zero attached hydrogens (tertiary/aromatic N) is 4. The van der Waals surface area contributed by atoms with Crippen LogP contribution in [-0.4, -0.2) is 51.7 Å². The molecule has 1 saturated heterocycles. The molecule has 26 heavy (non-hydrogen) atoms. The molecule has 134 valence electrons. The maximum Gasteiger partial charge on any atom is 0.337 e. The fraction of sp³-hybridized carbons (Fsp3) is 0.300. The Morgan fingerprint density at radius 3 is 2.46 bits per heavy atom. The van der Waals surface area contributed by atoms with Gasteiger partial charge in [0.1, 0.15) is 5.82 Å². The number of aromatic carboxylic acids is 1. The predicted octanol–water partition coefficient (Wildman–Crippen LogP) is 2.59.